The number of aryl methyl sites for hydroxylation is 1. The van der Waals surface area contributed by atoms with Crippen LogP contribution in [0, 0.1) is 0 Å². The van der Waals surface area contributed by atoms with Crippen LogP contribution in [0.15, 0.2) is 61.2 Å². The van der Waals surface area contributed by atoms with Crippen LogP contribution in [0.3, 0.4) is 0 Å². The van der Waals surface area contributed by atoms with Gasteiger partial charge in [0.25, 0.3) is 0 Å². The van der Waals surface area contributed by atoms with E-state index in [0.29, 0.717) is 6.42 Å². The maximum absolute atomic E-state index is 12.1. The van der Waals surface area contributed by atoms with Crippen molar-refractivity contribution in [3.05, 3.63) is 66.8 Å². The third kappa shape index (κ3) is 10.7. The average molecular weight is 354 g/mol. The predicted molar refractivity (Wildman–Crippen MR) is 114 cm³/mol. The molecule has 1 rings (SSSR count). The van der Waals surface area contributed by atoms with E-state index in [1.807, 2.05) is 24.3 Å². The highest BCUT2D eigenvalue weighted by atomic mass is 16.1. The van der Waals surface area contributed by atoms with Gasteiger partial charge < -0.3 is 5.32 Å². The Morgan fingerprint density at radius 1 is 1.00 bits per heavy atom. The Balaban J connectivity index is 2.33. The number of hydrogen-bond donors (Lipinski definition) is 1. The molecule has 0 aliphatic heterocycles. The summed E-state index contributed by atoms with van der Waals surface area (Å²) in [7, 11) is 0. The summed E-state index contributed by atoms with van der Waals surface area (Å²) in [4.78, 5) is 12.1. The molecule has 0 spiro atoms. The van der Waals surface area contributed by atoms with Crippen molar-refractivity contribution in [1.29, 1.82) is 0 Å². The van der Waals surface area contributed by atoms with Gasteiger partial charge in [0.15, 0.2) is 0 Å². The smallest absolute Gasteiger partial charge is 0.224 e. The van der Waals surface area contributed by atoms with Crippen LogP contribution in [0.4, 0.5) is 5.69 Å². The van der Waals surface area contributed by atoms with Gasteiger partial charge in [-0.3, -0.25) is 4.79 Å². The van der Waals surface area contributed by atoms with Gasteiger partial charge in [0.2, 0.25) is 5.91 Å². The summed E-state index contributed by atoms with van der Waals surface area (Å²) in [5.41, 5.74) is 3.59. The number of anilines is 1. The largest absolute Gasteiger partial charge is 0.326 e. The standard InChI is InChI=1S/C24H35NO/c1-4-6-8-9-10-11-19-24(26)25-23-18-13-17-22(20-23)16-12-15-21(3)14-7-5-2/h4-5,13,15,17-18,20H,1-2,6-12,14,16,19H2,3H3,(H,25,26)/b21-15+. The molecule has 0 aliphatic carbocycles. The van der Waals surface area contributed by atoms with Crippen LogP contribution in [-0.4, -0.2) is 5.91 Å². The quantitative estimate of drug-likeness (QED) is 0.283. The number of nitrogens with one attached hydrogen (secondary N) is 1. The number of amides is 1. The van der Waals surface area contributed by atoms with Gasteiger partial charge in [0, 0.05) is 12.1 Å². The molecule has 0 saturated carbocycles. The highest BCUT2D eigenvalue weighted by Crippen LogP contribution is 2.15. The highest BCUT2D eigenvalue weighted by molar-refractivity contribution is 5.90. The predicted octanol–water partition coefficient (Wildman–Crippen LogP) is 7.00. The lowest BCUT2D eigenvalue weighted by Gasteiger charge is -2.07. The fraction of sp³-hybridized carbons (Fsp3) is 0.458. The molecule has 2 heteroatoms. The molecule has 1 N–H and O–H groups in total. The third-order valence-electron chi connectivity index (χ3n) is 4.44. The Kier molecular flexibility index (Phi) is 11.9. The molecule has 0 fully saturated rings. The maximum atomic E-state index is 12.1. The van der Waals surface area contributed by atoms with Crippen molar-refractivity contribution >= 4 is 11.6 Å². The molecule has 0 aliphatic rings. The Labute approximate surface area is 160 Å². The van der Waals surface area contributed by atoms with E-state index in [1.54, 1.807) is 0 Å². The number of carbonyl (C=O) groups excluding carboxylic acids is 1. The van der Waals surface area contributed by atoms with E-state index in [9.17, 15) is 4.79 Å². The first-order valence-corrected chi connectivity index (χ1v) is 9.92. The fourth-order valence-electron chi connectivity index (χ4n) is 2.87. The summed E-state index contributed by atoms with van der Waals surface area (Å²) in [5.74, 6) is 0.117. The summed E-state index contributed by atoms with van der Waals surface area (Å²) in [5, 5.41) is 3.03. The molecule has 1 aromatic carbocycles. The molecule has 0 saturated heterocycles. The van der Waals surface area contributed by atoms with Crippen molar-refractivity contribution < 1.29 is 4.79 Å². The number of hydrogen-bond acceptors (Lipinski definition) is 1. The highest BCUT2D eigenvalue weighted by Gasteiger charge is 2.03. The summed E-state index contributed by atoms with van der Waals surface area (Å²) >= 11 is 0. The first-order chi connectivity index (χ1) is 12.7. The van der Waals surface area contributed by atoms with Gasteiger partial charge >= 0.3 is 0 Å². The minimum atomic E-state index is 0.117. The number of carbonyl (C=O) groups is 1. The van der Waals surface area contributed by atoms with E-state index in [0.717, 1.165) is 50.6 Å². The van der Waals surface area contributed by atoms with Crippen molar-refractivity contribution in [2.75, 3.05) is 5.32 Å². The molecule has 1 aromatic rings. The van der Waals surface area contributed by atoms with Gasteiger partial charge in [-0.2, -0.15) is 0 Å². The van der Waals surface area contributed by atoms with Crippen LogP contribution >= 0.6 is 0 Å². The monoisotopic (exact) mass is 353 g/mol. The van der Waals surface area contributed by atoms with Crippen LogP contribution in [0.25, 0.3) is 0 Å². The topological polar surface area (TPSA) is 29.1 Å². The molecule has 142 valence electrons. The second-order valence-corrected chi connectivity index (χ2v) is 6.91. The van der Waals surface area contributed by atoms with Gasteiger partial charge in [-0.15, -0.1) is 13.2 Å². The minimum absolute atomic E-state index is 0.117. The van der Waals surface area contributed by atoms with Crippen molar-refractivity contribution in [2.24, 2.45) is 0 Å². The lowest BCUT2D eigenvalue weighted by Crippen LogP contribution is -2.11. The van der Waals surface area contributed by atoms with Crippen molar-refractivity contribution in [3.8, 4) is 0 Å². The van der Waals surface area contributed by atoms with Crippen LogP contribution < -0.4 is 5.32 Å². The normalized spacial score (nSPS) is 11.2. The Morgan fingerprint density at radius 2 is 1.77 bits per heavy atom. The number of rotatable bonds is 14. The molecular formula is C24H35NO. The third-order valence-corrected chi connectivity index (χ3v) is 4.44. The molecule has 26 heavy (non-hydrogen) atoms. The first kappa shape index (κ1) is 22.0. The second kappa shape index (κ2) is 14.1. The maximum Gasteiger partial charge on any atom is 0.224 e. The average Bonchev–Trinajstić information content (AvgIpc) is 2.63. The number of unbranched alkanes of at least 4 members (excludes halogenated alkanes) is 4. The van der Waals surface area contributed by atoms with Crippen LogP contribution in [0.1, 0.15) is 70.3 Å². The summed E-state index contributed by atoms with van der Waals surface area (Å²) in [6.07, 6.45) is 16.5. The zero-order valence-electron chi connectivity index (χ0n) is 16.4. The van der Waals surface area contributed by atoms with E-state index < -0.39 is 0 Å². The van der Waals surface area contributed by atoms with Crippen molar-refractivity contribution in [2.45, 2.75) is 71.1 Å². The SMILES string of the molecule is C=CCCCCCCC(=O)Nc1cccc(CC/C=C(\C)CCC=C)c1. The molecule has 0 aromatic heterocycles. The van der Waals surface area contributed by atoms with Crippen LogP contribution in [0.2, 0.25) is 0 Å². The van der Waals surface area contributed by atoms with E-state index in [4.69, 9.17) is 0 Å². The van der Waals surface area contributed by atoms with E-state index in [2.05, 4.69) is 43.6 Å². The number of benzene rings is 1. The van der Waals surface area contributed by atoms with Crippen LogP contribution in [0.5, 0.6) is 0 Å². The Bertz CT molecular complexity index is 586. The molecule has 0 unspecified atom stereocenters. The molecule has 2 nitrogen and oxygen atoms in total. The first-order valence-electron chi connectivity index (χ1n) is 9.92. The lowest BCUT2D eigenvalue weighted by atomic mass is 10.1. The zero-order valence-corrected chi connectivity index (χ0v) is 16.4. The number of allylic oxidation sites excluding steroid dienone is 4. The summed E-state index contributed by atoms with van der Waals surface area (Å²) < 4.78 is 0. The van der Waals surface area contributed by atoms with Gasteiger partial charge in [-0.1, -0.05) is 48.8 Å². The summed E-state index contributed by atoms with van der Waals surface area (Å²) in [6.45, 7) is 9.67. The van der Waals surface area contributed by atoms with E-state index in [-0.39, 0.29) is 5.91 Å². The fourth-order valence-corrected chi connectivity index (χ4v) is 2.87. The van der Waals surface area contributed by atoms with Crippen molar-refractivity contribution in [3.63, 3.8) is 0 Å². The Hall–Kier alpha value is -2.09. The molecule has 1 amide bonds. The molecule has 0 atom stereocenters. The molecular weight excluding hydrogens is 318 g/mol. The van der Waals surface area contributed by atoms with Gasteiger partial charge in [0.1, 0.15) is 0 Å². The lowest BCUT2D eigenvalue weighted by molar-refractivity contribution is -0.116. The van der Waals surface area contributed by atoms with Gasteiger partial charge in [-0.25, -0.2) is 0 Å². The van der Waals surface area contributed by atoms with Crippen molar-refractivity contribution in [1.82, 2.24) is 0 Å². The van der Waals surface area contributed by atoms with Crippen LogP contribution in [-0.2, 0) is 11.2 Å². The molecule has 0 bridgehead atoms. The van der Waals surface area contributed by atoms with Gasteiger partial charge in [0.05, 0.1) is 0 Å². The van der Waals surface area contributed by atoms with Gasteiger partial charge in [-0.05, 0) is 69.6 Å². The zero-order chi connectivity index (χ0) is 19.0. The minimum Gasteiger partial charge on any atom is -0.326 e. The summed E-state index contributed by atoms with van der Waals surface area (Å²) in [6, 6.07) is 8.21. The second-order valence-electron chi connectivity index (χ2n) is 6.91. The molecule has 0 heterocycles. The Morgan fingerprint density at radius 3 is 2.54 bits per heavy atom. The molecule has 0 radical (unpaired) electrons. The van der Waals surface area contributed by atoms with E-state index >= 15 is 0 Å². The van der Waals surface area contributed by atoms with E-state index in [1.165, 1.54) is 24.0 Å².